The van der Waals surface area contributed by atoms with Crippen LogP contribution in [0.3, 0.4) is 0 Å². The summed E-state index contributed by atoms with van der Waals surface area (Å²) in [7, 11) is 0. The first-order valence-corrected chi connectivity index (χ1v) is 10.3. The Morgan fingerprint density at radius 2 is 1.78 bits per heavy atom. The number of anilines is 2. The fourth-order valence-corrected chi connectivity index (χ4v) is 4.62. The summed E-state index contributed by atoms with van der Waals surface area (Å²) < 4.78 is 0. The standard InChI is InChI=1S/C21H25N5S/c1-14-10-15(2)12-17(11-14)24-21-22-7-6-18(25-21)20-23-16(3)19(27-20)13-26-8-4-5-9-26/h6-7,10-12H,4-5,8-9,13H2,1-3H3,(H,22,24,25). The molecule has 0 aliphatic carbocycles. The second-order valence-electron chi connectivity index (χ2n) is 7.28. The van der Waals surface area contributed by atoms with Crippen LogP contribution < -0.4 is 5.32 Å². The van der Waals surface area contributed by atoms with E-state index in [4.69, 9.17) is 9.97 Å². The van der Waals surface area contributed by atoms with Crippen molar-refractivity contribution in [2.75, 3.05) is 18.4 Å². The smallest absolute Gasteiger partial charge is 0.227 e. The van der Waals surface area contributed by atoms with Crippen LogP contribution in [-0.2, 0) is 6.54 Å². The van der Waals surface area contributed by atoms with E-state index in [-0.39, 0.29) is 0 Å². The SMILES string of the molecule is Cc1cc(C)cc(Nc2nccc(-c3nc(C)c(CN4CCCC4)s3)n2)c1. The van der Waals surface area contributed by atoms with Gasteiger partial charge in [0.1, 0.15) is 10.7 Å². The molecule has 3 heterocycles. The summed E-state index contributed by atoms with van der Waals surface area (Å²) >= 11 is 1.75. The third-order valence-corrected chi connectivity index (χ3v) is 5.98. The van der Waals surface area contributed by atoms with Crippen LogP contribution in [0.4, 0.5) is 11.6 Å². The number of nitrogens with one attached hydrogen (secondary N) is 1. The minimum absolute atomic E-state index is 0.603. The number of nitrogens with zero attached hydrogens (tertiary/aromatic N) is 4. The van der Waals surface area contributed by atoms with Gasteiger partial charge in [-0.2, -0.15) is 0 Å². The molecule has 1 aliphatic rings. The molecule has 0 atom stereocenters. The molecule has 2 aromatic heterocycles. The topological polar surface area (TPSA) is 53.9 Å². The van der Waals surface area contributed by atoms with Crippen molar-refractivity contribution in [1.82, 2.24) is 19.9 Å². The largest absolute Gasteiger partial charge is 0.324 e. The fraction of sp³-hybridized carbons (Fsp3) is 0.381. The van der Waals surface area contributed by atoms with Crippen molar-refractivity contribution >= 4 is 23.0 Å². The predicted molar refractivity (Wildman–Crippen MR) is 112 cm³/mol. The second kappa shape index (κ2) is 7.74. The normalized spacial score (nSPS) is 14.6. The minimum Gasteiger partial charge on any atom is -0.324 e. The zero-order valence-corrected chi connectivity index (χ0v) is 16.9. The molecule has 0 amide bonds. The Morgan fingerprint density at radius 3 is 2.52 bits per heavy atom. The Hall–Kier alpha value is -2.31. The third kappa shape index (κ3) is 4.34. The van der Waals surface area contributed by atoms with E-state index in [1.807, 2.05) is 6.07 Å². The molecule has 0 saturated carbocycles. The summed E-state index contributed by atoms with van der Waals surface area (Å²) in [5.41, 5.74) is 5.43. The lowest BCUT2D eigenvalue weighted by atomic mass is 10.1. The number of benzene rings is 1. The van der Waals surface area contributed by atoms with E-state index in [1.54, 1.807) is 17.5 Å². The molecule has 1 aliphatic heterocycles. The molecule has 0 radical (unpaired) electrons. The van der Waals surface area contributed by atoms with Gasteiger partial charge in [0.2, 0.25) is 5.95 Å². The molecule has 3 aromatic rings. The molecular weight excluding hydrogens is 354 g/mol. The summed E-state index contributed by atoms with van der Waals surface area (Å²) in [4.78, 5) is 17.7. The Kier molecular flexibility index (Phi) is 5.18. The van der Waals surface area contributed by atoms with Crippen molar-refractivity contribution in [2.24, 2.45) is 0 Å². The molecule has 0 spiro atoms. The number of aryl methyl sites for hydroxylation is 3. The Balaban J connectivity index is 1.55. The van der Waals surface area contributed by atoms with E-state index in [0.717, 1.165) is 28.6 Å². The van der Waals surface area contributed by atoms with Crippen molar-refractivity contribution in [3.63, 3.8) is 0 Å². The Morgan fingerprint density at radius 1 is 1.04 bits per heavy atom. The summed E-state index contributed by atoms with van der Waals surface area (Å²) in [5.74, 6) is 0.603. The van der Waals surface area contributed by atoms with Gasteiger partial charge in [0.05, 0.1) is 5.69 Å². The molecule has 1 saturated heterocycles. The number of likely N-dealkylation sites (tertiary alicyclic amines) is 1. The summed E-state index contributed by atoms with van der Waals surface area (Å²) in [6.07, 6.45) is 4.42. The van der Waals surface area contributed by atoms with Gasteiger partial charge in [-0.1, -0.05) is 6.07 Å². The van der Waals surface area contributed by atoms with Crippen LogP contribution in [0.5, 0.6) is 0 Å². The molecule has 1 aromatic carbocycles. The first kappa shape index (κ1) is 18.1. The maximum absolute atomic E-state index is 4.77. The first-order valence-electron chi connectivity index (χ1n) is 9.44. The predicted octanol–water partition coefficient (Wildman–Crippen LogP) is 4.86. The Bertz CT molecular complexity index is 923. The lowest BCUT2D eigenvalue weighted by Gasteiger charge is -2.12. The van der Waals surface area contributed by atoms with Crippen LogP contribution in [-0.4, -0.2) is 32.9 Å². The van der Waals surface area contributed by atoms with E-state index in [9.17, 15) is 0 Å². The maximum Gasteiger partial charge on any atom is 0.227 e. The molecule has 0 unspecified atom stereocenters. The highest BCUT2D eigenvalue weighted by atomic mass is 32.1. The quantitative estimate of drug-likeness (QED) is 0.686. The highest BCUT2D eigenvalue weighted by molar-refractivity contribution is 7.15. The van der Waals surface area contributed by atoms with E-state index >= 15 is 0 Å². The van der Waals surface area contributed by atoms with Gasteiger partial charge in [-0.15, -0.1) is 11.3 Å². The Labute approximate surface area is 164 Å². The lowest BCUT2D eigenvalue weighted by Crippen LogP contribution is -2.18. The molecule has 4 rings (SSSR count). The van der Waals surface area contributed by atoms with Gasteiger partial charge in [-0.05, 0) is 76.0 Å². The molecule has 0 bridgehead atoms. The molecule has 6 heteroatoms. The summed E-state index contributed by atoms with van der Waals surface area (Å²) in [5, 5.41) is 4.29. The fourth-order valence-electron chi connectivity index (χ4n) is 3.54. The van der Waals surface area contributed by atoms with Crippen LogP contribution in [0.15, 0.2) is 30.5 Å². The van der Waals surface area contributed by atoms with Crippen molar-refractivity contribution in [1.29, 1.82) is 0 Å². The van der Waals surface area contributed by atoms with Crippen LogP contribution in [0, 0.1) is 20.8 Å². The maximum atomic E-state index is 4.77. The van der Waals surface area contributed by atoms with Crippen LogP contribution in [0.1, 0.15) is 34.5 Å². The van der Waals surface area contributed by atoms with E-state index in [1.165, 1.54) is 41.9 Å². The van der Waals surface area contributed by atoms with Crippen molar-refractivity contribution < 1.29 is 0 Å². The van der Waals surface area contributed by atoms with Gasteiger partial charge in [-0.25, -0.2) is 15.0 Å². The molecular formula is C21H25N5S. The van der Waals surface area contributed by atoms with Crippen molar-refractivity contribution in [3.8, 4) is 10.7 Å². The number of aromatic nitrogens is 3. The number of rotatable bonds is 5. The first-order chi connectivity index (χ1) is 13.1. The molecule has 1 fully saturated rings. The van der Waals surface area contributed by atoms with E-state index in [2.05, 4.69) is 54.2 Å². The molecule has 1 N–H and O–H groups in total. The molecule has 27 heavy (non-hydrogen) atoms. The van der Waals surface area contributed by atoms with E-state index < -0.39 is 0 Å². The van der Waals surface area contributed by atoms with Crippen molar-refractivity contribution in [2.45, 2.75) is 40.2 Å². The molecule has 5 nitrogen and oxygen atoms in total. The lowest BCUT2D eigenvalue weighted by molar-refractivity contribution is 0.333. The van der Waals surface area contributed by atoms with Crippen LogP contribution >= 0.6 is 11.3 Å². The van der Waals surface area contributed by atoms with Gasteiger partial charge in [0.25, 0.3) is 0 Å². The van der Waals surface area contributed by atoms with Gasteiger partial charge in [-0.3, -0.25) is 4.90 Å². The average Bonchev–Trinajstić information content (AvgIpc) is 3.25. The van der Waals surface area contributed by atoms with Gasteiger partial charge in [0, 0.05) is 23.3 Å². The number of hydrogen-bond acceptors (Lipinski definition) is 6. The average molecular weight is 380 g/mol. The third-order valence-electron chi connectivity index (χ3n) is 4.81. The van der Waals surface area contributed by atoms with Crippen molar-refractivity contribution in [3.05, 3.63) is 52.2 Å². The summed E-state index contributed by atoms with van der Waals surface area (Å²) in [6.45, 7) is 9.68. The monoisotopic (exact) mass is 379 g/mol. The van der Waals surface area contributed by atoms with Crippen LogP contribution in [0.25, 0.3) is 10.7 Å². The van der Waals surface area contributed by atoms with Crippen LogP contribution in [0.2, 0.25) is 0 Å². The molecule has 140 valence electrons. The van der Waals surface area contributed by atoms with Gasteiger partial charge in [0.15, 0.2) is 0 Å². The van der Waals surface area contributed by atoms with Gasteiger partial charge < -0.3 is 5.32 Å². The number of thiazole rings is 1. The van der Waals surface area contributed by atoms with Gasteiger partial charge >= 0.3 is 0 Å². The zero-order valence-electron chi connectivity index (χ0n) is 16.1. The zero-order chi connectivity index (χ0) is 18.8. The highest BCUT2D eigenvalue weighted by Crippen LogP contribution is 2.29. The number of hydrogen-bond donors (Lipinski definition) is 1. The second-order valence-corrected chi connectivity index (χ2v) is 8.36. The minimum atomic E-state index is 0.603. The van der Waals surface area contributed by atoms with E-state index in [0.29, 0.717) is 5.95 Å². The highest BCUT2D eigenvalue weighted by Gasteiger charge is 2.17. The summed E-state index contributed by atoms with van der Waals surface area (Å²) in [6, 6.07) is 8.29.